The number of nitrogens with two attached hydrogens (primary N) is 1. The molecule has 130 valence electrons. The Hall–Kier alpha value is -0.970. The van der Waals surface area contributed by atoms with Crippen LogP contribution in [0.5, 0.6) is 0 Å². The molecule has 0 aliphatic rings. The van der Waals surface area contributed by atoms with Gasteiger partial charge in [0.1, 0.15) is 0 Å². The molecule has 1 unspecified atom stereocenters. The second-order valence-corrected chi connectivity index (χ2v) is 6.72. The van der Waals surface area contributed by atoms with E-state index in [4.69, 9.17) is 34.0 Å². The maximum atomic E-state index is 10.8. The maximum absolute atomic E-state index is 10.8. The van der Waals surface area contributed by atoms with Gasteiger partial charge in [-0.1, -0.05) is 19.9 Å². The van der Waals surface area contributed by atoms with E-state index in [1.165, 1.54) is 5.56 Å². The number of nitrogens with zero attached hydrogens (tertiary/aromatic N) is 1. The lowest BCUT2D eigenvalue weighted by Gasteiger charge is -2.25. The van der Waals surface area contributed by atoms with Crippen molar-refractivity contribution in [1.29, 1.82) is 0 Å². The topological polar surface area (TPSA) is 66.6 Å². The Labute approximate surface area is 148 Å². The third kappa shape index (κ3) is 6.58. The molecule has 0 amide bonds. The van der Waals surface area contributed by atoms with Crippen molar-refractivity contribution in [2.45, 2.75) is 38.6 Å². The first-order chi connectivity index (χ1) is 10.9. The molecule has 6 heteroatoms. The quantitative estimate of drug-likeness (QED) is 0.627. The molecule has 23 heavy (non-hydrogen) atoms. The van der Waals surface area contributed by atoms with E-state index < -0.39 is 12.0 Å². The predicted molar refractivity (Wildman–Crippen MR) is 98.1 cm³/mol. The number of carboxylic acids is 1. The van der Waals surface area contributed by atoms with Crippen molar-refractivity contribution in [2.24, 2.45) is 5.73 Å². The Kier molecular flexibility index (Phi) is 8.74. The average Bonchev–Trinajstić information content (AvgIpc) is 2.45. The Balaban J connectivity index is 3.07. The van der Waals surface area contributed by atoms with Crippen molar-refractivity contribution in [3.8, 4) is 0 Å². The van der Waals surface area contributed by atoms with Crippen molar-refractivity contribution < 1.29 is 9.90 Å². The number of halogens is 2. The first kappa shape index (κ1) is 20.1. The Bertz CT molecular complexity index is 503. The molecule has 0 aliphatic heterocycles. The minimum absolute atomic E-state index is 0.0329. The largest absolute Gasteiger partial charge is 0.481 e. The summed E-state index contributed by atoms with van der Waals surface area (Å²) in [4.78, 5) is 13.0. The average molecular weight is 361 g/mol. The van der Waals surface area contributed by atoms with E-state index in [9.17, 15) is 4.79 Å². The Morgan fingerprint density at radius 1 is 1.26 bits per heavy atom. The fourth-order valence-electron chi connectivity index (χ4n) is 2.68. The van der Waals surface area contributed by atoms with Gasteiger partial charge in [-0.05, 0) is 35.6 Å². The van der Waals surface area contributed by atoms with Crippen LogP contribution in [0.15, 0.2) is 18.2 Å². The number of hydrogen-bond acceptors (Lipinski definition) is 3. The van der Waals surface area contributed by atoms with E-state index in [2.05, 4.69) is 36.9 Å². The molecule has 1 aromatic rings. The summed E-state index contributed by atoms with van der Waals surface area (Å²) in [5.74, 6) is 0.532. The van der Waals surface area contributed by atoms with Crippen molar-refractivity contribution in [3.05, 3.63) is 29.3 Å². The third-order valence-electron chi connectivity index (χ3n) is 3.74. The highest BCUT2D eigenvalue weighted by molar-refractivity contribution is 6.18. The number of anilines is 1. The fourth-order valence-corrected chi connectivity index (χ4v) is 3.09. The number of carboxylic acid groups (broad SMARTS) is 1. The van der Waals surface area contributed by atoms with Gasteiger partial charge in [-0.25, -0.2) is 0 Å². The third-order valence-corrected chi connectivity index (χ3v) is 4.08. The minimum atomic E-state index is -0.870. The second kappa shape index (κ2) is 10.0. The van der Waals surface area contributed by atoms with Gasteiger partial charge in [-0.3, -0.25) is 4.79 Å². The summed E-state index contributed by atoms with van der Waals surface area (Å²) in [6.45, 7) is 5.68. The monoisotopic (exact) mass is 360 g/mol. The number of benzene rings is 1. The van der Waals surface area contributed by atoms with Crippen LogP contribution in [-0.4, -0.2) is 42.0 Å². The summed E-state index contributed by atoms with van der Waals surface area (Å²) in [7, 11) is 0. The number of aliphatic carboxylic acids is 1. The van der Waals surface area contributed by atoms with E-state index in [0.29, 0.717) is 24.1 Å². The number of alkyl halides is 2. The van der Waals surface area contributed by atoms with Crippen LogP contribution < -0.4 is 10.6 Å². The van der Waals surface area contributed by atoms with E-state index in [1.54, 1.807) is 0 Å². The summed E-state index contributed by atoms with van der Waals surface area (Å²) in [5.41, 5.74) is 9.33. The normalized spacial score (nSPS) is 12.4. The van der Waals surface area contributed by atoms with Gasteiger partial charge in [0, 0.05) is 36.6 Å². The molecule has 1 atom stereocenters. The van der Waals surface area contributed by atoms with Crippen LogP contribution in [0.2, 0.25) is 0 Å². The van der Waals surface area contributed by atoms with E-state index in [-0.39, 0.29) is 6.42 Å². The van der Waals surface area contributed by atoms with Crippen LogP contribution in [0.25, 0.3) is 0 Å². The smallest absolute Gasteiger partial charge is 0.304 e. The second-order valence-electron chi connectivity index (χ2n) is 5.96. The molecule has 0 bridgehead atoms. The molecule has 0 aromatic heterocycles. The molecule has 0 spiro atoms. The number of hydrogen-bond donors (Lipinski definition) is 2. The van der Waals surface area contributed by atoms with Gasteiger partial charge in [0.05, 0.1) is 6.42 Å². The summed E-state index contributed by atoms with van der Waals surface area (Å²) < 4.78 is 0. The molecule has 0 saturated heterocycles. The van der Waals surface area contributed by atoms with Crippen molar-refractivity contribution in [3.63, 3.8) is 0 Å². The van der Waals surface area contributed by atoms with Crippen molar-refractivity contribution in [1.82, 2.24) is 0 Å². The summed E-state index contributed by atoms with van der Waals surface area (Å²) >= 11 is 11.8. The SMILES string of the molecule is CC(C)c1ccc(N(CCCl)CCCl)cc1CC(N)CC(=O)O. The van der Waals surface area contributed by atoms with Crippen molar-refractivity contribution >= 4 is 34.9 Å². The number of rotatable bonds is 10. The molecule has 0 fully saturated rings. The number of carbonyl (C=O) groups is 1. The highest BCUT2D eigenvalue weighted by Crippen LogP contribution is 2.26. The van der Waals surface area contributed by atoms with Crippen molar-refractivity contribution in [2.75, 3.05) is 29.7 Å². The Morgan fingerprint density at radius 3 is 2.35 bits per heavy atom. The standard InChI is InChI=1S/C17H26Cl2N2O2/c1-12(2)16-4-3-15(21(7-5-18)8-6-19)10-13(16)9-14(20)11-17(22)23/h3-4,10,12,14H,5-9,11,20H2,1-2H3,(H,22,23). The van der Waals surface area contributed by atoms with Gasteiger partial charge in [0.15, 0.2) is 0 Å². The molecule has 0 radical (unpaired) electrons. The molecule has 1 aromatic carbocycles. The molecular formula is C17H26Cl2N2O2. The highest BCUT2D eigenvalue weighted by atomic mass is 35.5. The van der Waals surface area contributed by atoms with E-state index >= 15 is 0 Å². The zero-order valence-corrected chi connectivity index (χ0v) is 15.3. The predicted octanol–water partition coefficient (Wildman–Crippen LogP) is 3.44. The molecular weight excluding hydrogens is 335 g/mol. The molecule has 0 heterocycles. The van der Waals surface area contributed by atoms with Gasteiger partial charge in [-0.2, -0.15) is 0 Å². The fraction of sp³-hybridized carbons (Fsp3) is 0.588. The first-order valence-corrected chi connectivity index (χ1v) is 8.93. The molecule has 3 N–H and O–H groups in total. The maximum Gasteiger partial charge on any atom is 0.304 e. The van der Waals surface area contributed by atoms with Gasteiger partial charge in [-0.15, -0.1) is 23.2 Å². The zero-order chi connectivity index (χ0) is 17.4. The van der Waals surface area contributed by atoms with E-state index in [0.717, 1.165) is 24.3 Å². The lowest BCUT2D eigenvalue weighted by molar-refractivity contribution is -0.137. The van der Waals surface area contributed by atoms with Crippen LogP contribution in [0.4, 0.5) is 5.69 Å². The summed E-state index contributed by atoms with van der Waals surface area (Å²) in [6.07, 6.45) is 0.512. The molecule has 1 rings (SSSR count). The van der Waals surface area contributed by atoms with Crippen LogP contribution >= 0.6 is 23.2 Å². The van der Waals surface area contributed by atoms with Crippen LogP contribution in [0, 0.1) is 0 Å². The van der Waals surface area contributed by atoms with Crippen LogP contribution in [0.3, 0.4) is 0 Å². The summed E-state index contributed by atoms with van der Waals surface area (Å²) in [5, 5.41) is 8.91. The molecule has 0 saturated carbocycles. The van der Waals surface area contributed by atoms with Crippen LogP contribution in [-0.2, 0) is 11.2 Å². The van der Waals surface area contributed by atoms with E-state index in [1.807, 2.05) is 0 Å². The lowest BCUT2D eigenvalue weighted by atomic mass is 9.92. The molecule has 0 aliphatic carbocycles. The van der Waals surface area contributed by atoms with Gasteiger partial charge < -0.3 is 15.7 Å². The summed E-state index contributed by atoms with van der Waals surface area (Å²) in [6, 6.07) is 5.87. The highest BCUT2D eigenvalue weighted by Gasteiger charge is 2.15. The van der Waals surface area contributed by atoms with Crippen LogP contribution in [0.1, 0.15) is 37.3 Å². The molecule has 4 nitrogen and oxygen atoms in total. The van der Waals surface area contributed by atoms with Gasteiger partial charge >= 0.3 is 5.97 Å². The lowest BCUT2D eigenvalue weighted by Crippen LogP contribution is -2.29. The first-order valence-electron chi connectivity index (χ1n) is 7.86. The zero-order valence-electron chi connectivity index (χ0n) is 13.8. The Morgan fingerprint density at radius 2 is 1.87 bits per heavy atom. The van der Waals surface area contributed by atoms with Gasteiger partial charge in [0.25, 0.3) is 0 Å². The minimum Gasteiger partial charge on any atom is -0.481 e. The van der Waals surface area contributed by atoms with Gasteiger partial charge in [0.2, 0.25) is 0 Å².